The number of amides is 1. The number of aromatic nitrogens is 3. The smallest absolute Gasteiger partial charge is 0.272 e. The van der Waals surface area contributed by atoms with Gasteiger partial charge in [-0.1, -0.05) is 5.16 Å². The van der Waals surface area contributed by atoms with E-state index in [9.17, 15) is 4.79 Å². The summed E-state index contributed by atoms with van der Waals surface area (Å²) in [6, 6.07) is 1.90. The zero-order chi connectivity index (χ0) is 16.7. The summed E-state index contributed by atoms with van der Waals surface area (Å²) >= 11 is 0. The minimum Gasteiger partial charge on any atom is -0.373 e. The highest BCUT2D eigenvalue weighted by Crippen LogP contribution is 2.26. The fourth-order valence-corrected chi connectivity index (χ4v) is 3.60. The highest BCUT2D eigenvalue weighted by Gasteiger charge is 2.42. The number of morpholine rings is 1. The Bertz CT molecular complexity index is 707. The molecule has 2 saturated heterocycles. The lowest BCUT2D eigenvalue weighted by molar-refractivity contribution is -0.0505. The zero-order valence-electron chi connectivity index (χ0n) is 13.9. The Labute approximate surface area is 139 Å². The van der Waals surface area contributed by atoms with Gasteiger partial charge in [0, 0.05) is 37.9 Å². The Hall–Kier alpha value is -2.19. The van der Waals surface area contributed by atoms with Crippen molar-refractivity contribution in [3.63, 3.8) is 0 Å². The van der Waals surface area contributed by atoms with Crippen LogP contribution in [0.1, 0.15) is 27.5 Å². The van der Waals surface area contributed by atoms with E-state index >= 15 is 0 Å². The number of aryl methyl sites for hydroxylation is 2. The number of fused-ring (bicyclic) bond motifs is 1. The van der Waals surface area contributed by atoms with Crippen LogP contribution in [0.3, 0.4) is 0 Å². The van der Waals surface area contributed by atoms with Gasteiger partial charge in [0.1, 0.15) is 11.5 Å². The van der Waals surface area contributed by atoms with Crippen LogP contribution in [0, 0.1) is 13.8 Å². The van der Waals surface area contributed by atoms with E-state index in [1.807, 2.05) is 18.7 Å². The lowest BCUT2D eigenvalue weighted by atomic mass is 10.1. The maximum absolute atomic E-state index is 12.5. The number of nitrogens with zero attached hydrogens (tertiary/aromatic N) is 4. The number of hydrogen-bond donors (Lipinski definition) is 1. The summed E-state index contributed by atoms with van der Waals surface area (Å²) < 4.78 is 11.2. The lowest BCUT2D eigenvalue weighted by Gasteiger charge is -2.36. The van der Waals surface area contributed by atoms with Crippen LogP contribution in [0.5, 0.6) is 0 Å². The molecule has 0 aromatic carbocycles. The van der Waals surface area contributed by atoms with Gasteiger partial charge in [-0.05, 0) is 19.9 Å². The van der Waals surface area contributed by atoms with E-state index in [4.69, 9.17) is 9.26 Å². The van der Waals surface area contributed by atoms with Crippen molar-refractivity contribution >= 4 is 5.91 Å². The second-order valence-corrected chi connectivity index (χ2v) is 6.43. The van der Waals surface area contributed by atoms with Gasteiger partial charge in [-0.3, -0.25) is 14.8 Å². The minimum atomic E-state index is -0.0252. The SMILES string of the molecule is Cc1noc(C)c1CN1CCO[C@H]2CN(C(=O)c3ccn[nH]3)C[C@H]21. The minimum absolute atomic E-state index is 0.0252. The van der Waals surface area contributed by atoms with Gasteiger partial charge in [-0.15, -0.1) is 0 Å². The molecule has 0 saturated carbocycles. The first-order valence-corrected chi connectivity index (χ1v) is 8.19. The van der Waals surface area contributed by atoms with E-state index < -0.39 is 0 Å². The summed E-state index contributed by atoms with van der Waals surface area (Å²) in [5, 5.41) is 10.6. The molecule has 128 valence electrons. The van der Waals surface area contributed by atoms with Gasteiger partial charge < -0.3 is 14.2 Å². The molecule has 4 rings (SSSR count). The largest absolute Gasteiger partial charge is 0.373 e. The molecule has 2 aliphatic rings. The second kappa shape index (κ2) is 6.03. The summed E-state index contributed by atoms with van der Waals surface area (Å²) in [6.07, 6.45) is 1.64. The highest BCUT2D eigenvalue weighted by molar-refractivity contribution is 5.92. The number of rotatable bonds is 3. The summed E-state index contributed by atoms with van der Waals surface area (Å²) in [4.78, 5) is 16.8. The summed E-state index contributed by atoms with van der Waals surface area (Å²) in [5.41, 5.74) is 2.58. The molecule has 0 spiro atoms. The number of likely N-dealkylation sites (tertiary alicyclic amines) is 1. The number of ether oxygens (including phenoxy) is 1. The van der Waals surface area contributed by atoms with E-state index in [2.05, 4.69) is 20.3 Å². The maximum atomic E-state index is 12.5. The van der Waals surface area contributed by atoms with Crippen LogP contribution in [0.15, 0.2) is 16.8 Å². The molecule has 4 heterocycles. The molecule has 2 fully saturated rings. The van der Waals surface area contributed by atoms with Crippen molar-refractivity contribution in [2.24, 2.45) is 0 Å². The first kappa shape index (κ1) is 15.3. The second-order valence-electron chi connectivity index (χ2n) is 6.43. The molecule has 2 atom stereocenters. The molecule has 0 unspecified atom stereocenters. The highest BCUT2D eigenvalue weighted by atomic mass is 16.5. The van der Waals surface area contributed by atoms with E-state index in [0.717, 1.165) is 30.1 Å². The molecule has 1 N–H and O–H groups in total. The lowest BCUT2D eigenvalue weighted by Crippen LogP contribution is -2.50. The Balaban J connectivity index is 1.50. The third kappa shape index (κ3) is 2.61. The molecular weight excluding hydrogens is 310 g/mol. The van der Waals surface area contributed by atoms with Crippen LogP contribution in [-0.2, 0) is 11.3 Å². The Morgan fingerprint density at radius 1 is 1.42 bits per heavy atom. The average molecular weight is 331 g/mol. The zero-order valence-corrected chi connectivity index (χ0v) is 13.9. The first-order valence-electron chi connectivity index (χ1n) is 8.19. The third-order valence-corrected chi connectivity index (χ3v) is 4.98. The first-order chi connectivity index (χ1) is 11.6. The van der Waals surface area contributed by atoms with Crippen LogP contribution < -0.4 is 0 Å². The van der Waals surface area contributed by atoms with Crippen molar-refractivity contribution in [3.05, 3.63) is 35.0 Å². The monoisotopic (exact) mass is 331 g/mol. The molecule has 24 heavy (non-hydrogen) atoms. The predicted molar refractivity (Wildman–Crippen MR) is 84.4 cm³/mol. The number of H-pyrrole nitrogens is 1. The van der Waals surface area contributed by atoms with Crippen LogP contribution >= 0.6 is 0 Å². The van der Waals surface area contributed by atoms with E-state index in [1.54, 1.807) is 12.3 Å². The van der Waals surface area contributed by atoms with Gasteiger partial charge in [0.2, 0.25) is 0 Å². The molecule has 0 bridgehead atoms. The van der Waals surface area contributed by atoms with E-state index in [1.165, 1.54) is 0 Å². The number of carbonyl (C=O) groups excluding carboxylic acids is 1. The fourth-order valence-electron chi connectivity index (χ4n) is 3.60. The number of hydrogen-bond acceptors (Lipinski definition) is 6. The molecule has 2 aromatic rings. The van der Waals surface area contributed by atoms with Gasteiger partial charge in [0.25, 0.3) is 5.91 Å². The van der Waals surface area contributed by atoms with Gasteiger partial charge in [-0.25, -0.2) is 0 Å². The van der Waals surface area contributed by atoms with Crippen molar-refractivity contribution in [2.75, 3.05) is 26.2 Å². The Morgan fingerprint density at radius 2 is 2.29 bits per heavy atom. The quantitative estimate of drug-likeness (QED) is 0.892. The van der Waals surface area contributed by atoms with Crippen molar-refractivity contribution in [2.45, 2.75) is 32.5 Å². The molecule has 8 heteroatoms. The summed E-state index contributed by atoms with van der Waals surface area (Å²) in [6.45, 7) is 7.47. The third-order valence-electron chi connectivity index (χ3n) is 4.98. The Kier molecular flexibility index (Phi) is 3.85. The van der Waals surface area contributed by atoms with Crippen LogP contribution in [0.2, 0.25) is 0 Å². The van der Waals surface area contributed by atoms with Gasteiger partial charge in [-0.2, -0.15) is 5.10 Å². The van der Waals surface area contributed by atoms with Crippen molar-refractivity contribution in [1.29, 1.82) is 0 Å². The number of aromatic amines is 1. The molecule has 0 aliphatic carbocycles. The number of carbonyl (C=O) groups is 1. The topological polar surface area (TPSA) is 87.5 Å². The van der Waals surface area contributed by atoms with Crippen molar-refractivity contribution in [1.82, 2.24) is 25.2 Å². The van der Waals surface area contributed by atoms with Crippen LogP contribution in [0.25, 0.3) is 0 Å². The summed E-state index contributed by atoms with van der Waals surface area (Å²) in [7, 11) is 0. The molecule has 8 nitrogen and oxygen atoms in total. The normalized spacial score (nSPS) is 24.3. The molecule has 2 aliphatic heterocycles. The predicted octanol–water partition coefficient (Wildman–Crippen LogP) is 0.740. The van der Waals surface area contributed by atoms with Crippen molar-refractivity contribution < 1.29 is 14.1 Å². The van der Waals surface area contributed by atoms with Gasteiger partial charge in [0.05, 0.1) is 24.4 Å². The van der Waals surface area contributed by atoms with Crippen molar-refractivity contribution in [3.8, 4) is 0 Å². The van der Waals surface area contributed by atoms with E-state index in [-0.39, 0.29) is 18.1 Å². The molecular formula is C16H21N5O3. The number of nitrogens with one attached hydrogen (secondary N) is 1. The fraction of sp³-hybridized carbons (Fsp3) is 0.562. The van der Waals surface area contributed by atoms with Crippen LogP contribution in [0.4, 0.5) is 0 Å². The van der Waals surface area contributed by atoms with Gasteiger partial charge >= 0.3 is 0 Å². The van der Waals surface area contributed by atoms with E-state index in [0.29, 0.717) is 25.4 Å². The van der Waals surface area contributed by atoms with Crippen LogP contribution in [-0.4, -0.2) is 69.4 Å². The average Bonchev–Trinajstić information content (AvgIpc) is 3.30. The summed E-state index contributed by atoms with van der Waals surface area (Å²) in [5.74, 6) is 0.835. The molecule has 1 amide bonds. The van der Waals surface area contributed by atoms with Gasteiger partial charge in [0.15, 0.2) is 0 Å². The standard InChI is InChI=1S/C16H21N5O3/c1-10-12(11(2)24-19-10)7-20-5-6-23-15-9-21(8-14(15)20)16(22)13-3-4-17-18-13/h3-4,14-15H,5-9H2,1-2H3,(H,17,18)/t14-,15+/m1/s1. The Morgan fingerprint density at radius 3 is 3.00 bits per heavy atom. The maximum Gasteiger partial charge on any atom is 0.272 e. The molecule has 0 radical (unpaired) electrons. The molecule has 2 aromatic heterocycles.